The third kappa shape index (κ3) is 3.55. The molecule has 1 saturated carbocycles. The number of carboxylic acids is 1. The van der Waals surface area contributed by atoms with Crippen LogP contribution < -0.4 is 4.72 Å². The lowest BCUT2D eigenvalue weighted by Crippen LogP contribution is -2.38. The van der Waals surface area contributed by atoms with Gasteiger partial charge in [-0.25, -0.2) is 17.9 Å². The predicted octanol–water partition coefficient (Wildman–Crippen LogP) is 1.48. The second kappa shape index (κ2) is 6.31. The molecule has 0 radical (unpaired) electrons. The van der Waals surface area contributed by atoms with Crippen LogP contribution in [0.3, 0.4) is 0 Å². The van der Waals surface area contributed by atoms with Crippen molar-refractivity contribution in [1.29, 1.82) is 0 Å². The lowest BCUT2D eigenvalue weighted by molar-refractivity contribution is 0.0697. The first-order chi connectivity index (χ1) is 9.85. The van der Waals surface area contributed by atoms with Crippen LogP contribution in [0.5, 0.6) is 0 Å². The van der Waals surface area contributed by atoms with Gasteiger partial charge in [-0.15, -0.1) is 0 Å². The minimum Gasteiger partial charge on any atom is -0.478 e. The number of aliphatic hydroxyl groups is 1. The number of carboxylic acid groups (broad SMARTS) is 1. The SMILES string of the molecule is O=C(O)c1cc(S(=O)(=O)NC2CCCC2CO)ccc1Cl. The number of aliphatic hydroxyl groups excluding tert-OH is 1. The van der Waals surface area contributed by atoms with E-state index in [0.29, 0.717) is 6.42 Å². The molecule has 1 aromatic carbocycles. The van der Waals surface area contributed by atoms with E-state index in [1.54, 1.807) is 0 Å². The summed E-state index contributed by atoms with van der Waals surface area (Å²) in [5.74, 6) is -1.39. The van der Waals surface area contributed by atoms with Gasteiger partial charge in [-0.2, -0.15) is 0 Å². The summed E-state index contributed by atoms with van der Waals surface area (Å²) < 4.78 is 27.1. The molecule has 0 aliphatic heterocycles. The van der Waals surface area contributed by atoms with Crippen LogP contribution in [0.25, 0.3) is 0 Å². The number of hydrogen-bond donors (Lipinski definition) is 3. The molecule has 1 aromatic rings. The van der Waals surface area contributed by atoms with Crippen molar-refractivity contribution in [2.45, 2.75) is 30.2 Å². The number of halogens is 1. The molecule has 0 amide bonds. The molecule has 2 atom stereocenters. The summed E-state index contributed by atoms with van der Waals surface area (Å²) in [6.45, 7) is -0.0752. The van der Waals surface area contributed by atoms with E-state index in [1.807, 2.05) is 0 Å². The number of sulfonamides is 1. The van der Waals surface area contributed by atoms with Crippen LogP contribution in [0.1, 0.15) is 29.6 Å². The minimum absolute atomic E-state index is 0.0180. The summed E-state index contributed by atoms with van der Waals surface area (Å²) in [6, 6.07) is 3.22. The molecule has 6 nitrogen and oxygen atoms in total. The van der Waals surface area contributed by atoms with Crippen LogP contribution >= 0.6 is 11.6 Å². The largest absolute Gasteiger partial charge is 0.478 e. The van der Waals surface area contributed by atoms with Crippen molar-refractivity contribution in [3.8, 4) is 0 Å². The quantitative estimate of drug-likeness (QED) is 0.757. The van der Waals surface area contributed by atoms with Crippen LogP contribution in [0.2, 0.25) is 5.02 Å². The van der Waals surface area contributed by atoms with E-state index in [0.717, 1.165) is 18.9 Å². The Bertz CT molecular complexity index is 646. The molecule has 21 heavy (non-hydrogen) atoms. The number of carbonyl (C=O) groups is 1. The topological polar surface area (TPSA) is 104 Å². The van der Waals surface area contributed by atoms with Crippen molar-refractivity contribution in [2.75, 3.05) is 6.61 Å². The summed E-state index contributed by atoms with van der Waals surface area (Å²) >= 11 is 5.73. The molecule has 0 saturated heterocycles. The molecule has 1 fully saturated rings. The van der Waals surface area contributed by atoms with Crippen LogP contribution in [0.4, 0.5) is 0 Å². The lowest BCUT2D eigenvalue weighted by atomic mass is 10.1. The van der Waals surface area contributed by atoms with Gasteiger partial charge in [0, 0.05) is 12.6 Å². The highest BCUT2D eigenvalue weighted by atomic mass is 35.5. The Labute approximate surface area is 127 Å². The third-order valence-electron chi connectivity index (χ3n) is 3.68. The molecule has 0 heterocycles. The van der Waals surface area contributed by atoms with Gasteiger partial charge in [0.15, 0.2) is 0 Å². The molecule has 2 rings (SSSR count). The monoisotopic (exact) mass is 333 g/mol. The summed E-state index contributed by atoms with van der Waals surface area (Å²) in [4.78, 5) is 10.9. The predicted molar refractivity (Wildman–Crippen MR) is 76.9 cm³/mol. The zero-order valence-electron chi connectivity index (χ0n) is 11.1. The maximum Gasteiger partial charge on any atom is 0.337 e. The number of rotatable bonds is 5. The maximum absolute atomic E-state index is 12.3. The van der Waals surface area contributed by atoms with Gasteiger partial charge in [-0.1, -0.05) is 18.0 Å². The van der Waals surface area contributed by atoms with Crippen molar-refractivity contribution >= 4 is 27.6 Å². The fourth-order valence-electron chi connectivity index (χ4n) is 2.51. The van der Waals surface area contributed by atoms with Crippen molar-refractivity contribution in [2.24, 2.45) is 5.92 Å². The molecule has 8 heteroatoms. The summed E-state index contributed by atoms with van der Waals surface area (Å²) in [7, 11) is -3.84. The Kier molecular flexibility index (Phi) is 4.88. The highest BCUT2D eigenvalue weighted by molar-refractivity contribution is 7.89. The molecule has 3 N–H and O–H groups in total. The summed E-state index contributed by atoms with van der Waals surface area (Å²) in [5.41, 5.74) is -0.260. The Balaban J connectivity index is 2.27. The Morgan fingerprint density at radius 2 is 2.10 bits per heavy atom. The number of benzene rings is 1. The zero-order valence-corrected chi connectivity index (χ0v) is 12.7. The highest BCUT2D eigenvalue weighted by Gasteiger charge is 2.31. The minimum atomic E-state index is -3.84. The maximum atomic E-state index is 12.3. The Morgan fingerprint density at radius 3 is 2.71 bits per heavy atom. The van der Waals surface area contributed by atoms with E-state index < -0.39 is 16.0 Å². The second-order valence-electron chi connectivity index (χ2n) is 5.05. The van der Waals surface area contributed by atoms with E-state index in [-0.39, 0.29) is 34.0 Å². The van der Waals surface area contributed by atoms with Gasteiger partial charge in [-0.05, 0) is 37.0 Å². The van der Waals surface area contributed by atoms with Crippen LogP contribution in [-0.2, 0) is 10.0 Å². The smallest absolute Gasteiger partial charge is 0.337 e. The molecule has 0 spiro atoms. The molecule has 1 aliphatic carbocycles. The van der Waals surface area contributed by atoms with Gasteiger partial charge < -0.3 is 10.2 Å². The average Bonchev–Trinajstić information content (AvgIpc) is 2.85. The average molecular weight is 334 g/mol. The van der Waals surface area contributed by atoms with Crippen molar-refractivity contribution < 1.29 is 23.4 Å². The van der Waals surface area contributed by atoms with Crippen LogP contribution in [-0.4, -0.2) is 37.2 Å². The highest BCUT2D eigenvalue weighted by Crippen LogP contribution is 2.27. The number of nitrogens with one attached hydrogen (secondary N) is 1. The molecule has 116 valence electrons. The standard InChI is InChI=1S/C13H16ClNO5S/c14-11-5-4-9(6-10(11)13(17)18)21(19,20)15-12-3-1-2-8(12)7-16/h4-6,8,12,15-16H,1-3,7H2,(H,17,18). The lowest BCUT2D eigenvalue weighted by Gasteiger charge is -2.19. The van der Waals surface area contributed by atoms with E-state index in [4.69, 9.17) is 16.7 Å². The molecular formula is C13H16ClNO5S. The van der Waals surface area contributed by atoms with Crippen LogP contribution in [0, 0.1) is 5.92 Å². The molecular weight excluding hydrogens is 318 g/mol. The van der Waals surface area contributed by atoms with Gasteiger partial charge >= 0.3 is 5.97 Å². The molecule has 2 unspecified atom stereocenters. The summed E-state index contributed by atoms with van der Waals surface area (Å²) in [6.07, 6.45) is 2.27. The van der Waals surface area contributed by atoms with Crippen LogP contribution in [0.15, 0.2) is 23.1 Å². The fourth-order valence-corrected chi connectivity index (χ4v) is 4.08. The van der Waals surface area contributed by atoms with E-state index in [1.165, 1.54) is 12.1 Å². The number of aromatic carboxylic acids is 1. The van der Waals surface area contributed by atoms with E-state index in [2.05, 4.69) is 4.72 Å². The van der Waals surface area contributed by atoms with E-state index in [9.17, 15) is 18.3 Å². The summed E-state index contributed by atoms with van der Waals surface area (Å²) in [5, 5.41) is 18.2. The molecule has 1 aliphatic rings. The van der Waals surface area contributed by atoms with Crippen molar-refractivity contribution in [3.05, 3.63) is 28.8 Å². The van der Waals surface area contributed by atoms with Gasteiger partial charge in [0.1, 0.15) is 0 Å². The van der Waals surface area contributed by atoms with Gasteiger partial charge in [-0.3, -0.25) is 0 Å². The normalized spacial score (nSPS) is 22.4. The van der Waals surface area contributed by atoms with Crippen molar-refractivity contribution in [1.82, 2.24) is 4.72 Å². The Hall–Kier alpha value is -1.15. The fraction of sp³-hybridized carbons (Fsp3) is 0.462. The van der Waals surface area contributed by atoms with Gasteiger partial charge in [0.05, 0.1) is 15.5 Å². The first-order valence-electron chi connectivity index (χ1n) is 6.51. The van der Waals surface area contributed by atoms with Gasteiger partial charge in [0.2, 0.25) is 10.0 Å². The first-order valence-corrected chi connectivity index (χ1v) is 8.37. The molecule has 0 bridgehead atoms. The number of hydrogen-bond acceptors (Lipinski definition) is 4. The van der Waals surface area contributed by atoms with Gasteiger partial charge in [0.25, 0.3) is 0 Å². The van der Waals surface area contributed by atoms with Crippen molar-refractivity contribution in [3.63, 3.8) is 0 Å². The first kappa shape index (κ1) is 16.2. The van der Waals surface area contributed by atoms with E-state index >= 15 is 0 Å². The third-order valence-corrected chi connectivity index (χ3v) is 5.50. The zero-order chi connectivity index (χ0) is 15.6. The Morgan fingerprint density at radius 1 is 1.38 bits per heavy atom. The second-order valence-corrected chi connectivity index (χ2v) is 7.17. The molecule has 0 aromatic heterocycles.